The molecule has 5 heteroatoms. The van der Waals surface area contributed by atoms with Crippen molar-refractivity contribution in [3.63, 3.8) is 0 Å². The SMILES string of the molecule is CC1OB(O)c2c1ccc(F)c2N. The number of fused-ring (bicyclic) bond motifs is 1. The second-order valence-electron chi connectivity index (χ2n) is 3.09. The van der Waals surface area contributed by atoms with Gasteiger partial charge in [0, 0.05) is 5.46 Å². The van der Waals surface area contributed by atoms with Crippen LogP contribution in [-0.2, 0) is 4.65 Å². The number of halogens is 1. The van der Waals surface area contributed by atoms with Crippen LogP contribution in [0.5, 0.6) is 0 Å². The molecule has 1 heterocycles. The average molecular weight is 181 g/mol. The largest absolute Gasteiger partial charge is 0.494 e. The Hall–Kier alpha value is -1.07. The van der Waals surface area contributed by atoms with Gasteiger partial charge in [-0.1, -0.05) is 6.07 Å². The van der Waals surface area contributed by atoms with E-state index in [1.807, 2.05) is 0 Å². The van der Waals surface area contributed by atoms with Gasteiger partial charge < -0.3 is 15.4 Å². The molecule has 1 aliphatic heterocycles. The summed E-state index contributed by atoms with van der Waals surface area (Å²) in [5.41, 5.74) is 6.58. The predicted molar refractivity (Wildman–Crippen MR) is 47.9 cm³/mol. The van der Waals surface area contributed by atoms with Crippen molar-refractivity contribution >= 4 is 18.3 Å². The number of nitrogens with two attached hydrogens (primary N) is 1. The summed E-state index contributed by atoms with van der Waals surface area (Å²) in [6.45, 7) is 1.78. The number of nitrogen functional groups attached to an aromatic ring is 1. The highest BCUT2D eigenvalue weighted by Gasteiger charge is 2.35. The fourth-order valence-electron chi connectivity index (χ4n) is 1.59. The summed E-state index contributed by atoms with van der Waals surface area (Å²) < 4.78 is 18.1. The fraction of sp³-hybridized carbons (Fsp3) is 0.250. The van der Waals surface area contributed by atoms with Gasteiger partial charge in [0.1, 0.15) is 5.82 Å². The summed E-state index contributed by atoms with van der Waals surface area (Å²) in [4.78, 5) is 0. The molecule has 0 fully saturated rings. The molecule has 1 aromatic carbocycles. The Balaban J connectivity index is 2.64. The zero-order chi connectivity index (χ0) is 9.59. The molecule has 0 saturated heterocycles. The molecule has 0 aliphatic carbocycles. The van der Waals surface area contributed by atoms with Gasteiger partial charge in [0.25, 0.3) is 0 Å². The van der Waals surface area contributed by atoms with Crippen molar-refractivity contribution in [1.82, 2.24) is 0 Å². The van der Waals surface area contributed by atoms with E-state index >= 15 is 0 Å². The molecule has 2 rings (SSSR count). The third kappa shape index (κ3) is 1.12. The van der Waals surface area contributed by atoms with Crippen LogP contribution in [0.15, 0.2) is 12.1 Å². The van der Waals surface area contributed by atoms with E-state index in [1.165, 1.54) is 6.07 Å². The Morgan fingerprint density at radius 3 is 3.00 bits per heavy atom. The minimum absolute atomic E-state index is 0.0191. The average Bonchev–Trinajstić information content (AvgIpc) is 2.35. The molecule has 0 amide bonds. The first-order valence-electron chi connectivity index (χ1n) is 4.02. The van der Waals surface area contributed by atoms with E-state index in [-0.39, 0.29) is 11.8 Å². The Morgan fingerprint density at radius 1 is 1.62 bits per heavy atom. The van der Waals surface area contributed by atoms with Crippen LogP contribution >= 0.6 is 0 Å². The smallest absolute Gasteiger partial charge is 0.423 e. The Morgan fingerprint density at radius 2 is 2.31 bits per heavy atom. The van der Waals surface area contributed by atoms with Gasteiger partial charge in [0.05, 0.1) is 11.8 Å². The van der Waals surface area contributed by atoms with Gasteiger partial charge in [-0.15, -0.1) is 0 Å². The topological polar surface area (TPSA) is 55.5 Å². The summed E-state index contributed by atoms with van der Waals surface area (Å²) in [7, 11) is -1.10. The van der Waals surface area contributed by atoms with Gasteiger partial charge in [0.15, 0.2) is 0 Å². The number of rotatable bonds is 0. The van der Waals surface area contributed by atoms with E-state index in [0.717, 1.165) is 5.56 Å². The maximum Gasteiger partial charge on any atom is 0.494 e. The van der Waals surface area contributed by atoms with Gasteiger partial charge in [-0.25, -0.2) is 4.39 Å². The second kappa shape index (κ2) is 2.72. The molecule has 3 N–H and O–H groups in total. The van der Waals surface area contributed by atoms with Crippen molar-refractivity contribution in [3.8, 4) is 0 Å². The summed E-state index contributed by atoms with van der Waals surface area (Å²) in [5, 5.41) is 9.39. The van der Waals surface area contributed by atoms with Crippen LogP contribution in [-0.4, -0.2) is 12.1 Å². The lowest BCUT2D eigenvalue weighted by Crippen LogP contribution is -2.31. The van der Waals surface area contributed by atoms with E-state index < -0.39 is 12.9 Å². The van der Waals surface area contributed by atoms with Crippen LogP contribution < -0.4 is 11.2 Å². The summed E-state index contributed by atoms with van der Waals surface area (Å²) in [6, 6.07) is 2.87. The Labute approximate surface area is 75.5 Å². The van der Waals surface area contributed by atoms with Gasteiger partial charge in [-0.2, -0.15) is 0 Å². The fourth-order valence-corrected chi connectivity index (χ4v) is 1.59. The summed E-state index contributed by atoms with van der Waals surface area (Å²) in [5.74, 6) is -0.518. The van der Waals surface area contributed by atoms with E-state index in [1.54, 1.807) is 13.0 Å². The van der Waals surface area contributed by atoms with E-state index in [9.17, 15) is 9.41 Å². The summed E-state index contributed by atoms with van der Waals surface area (Å²) in [6.07, 6.45) is -0.229. The van der Waals surface area contributed by atoms with Crippen LogP contribution in [0, 0.1) is 5.82 Å². The van der Waals surface area contributed by atoms with Crippen molar-refractivity contribution in [2.24, 2.45) is 0 Å². The highest BCUT2D eigenvalue weighted by Crippen LogP contribution is 2.26. The standard InChI is InChI=1S/C8H9BFNO2/c1-4-5-2-3-6(10)8(11)7(5)9(12)13-4/h2-4,12H,11H2,1H3. The van der Waals surface area contributed by atoms with Gasteiger partial charge in [-0.3, -0.25) is 0 Å². The molecule has 13 heavy (non-hydrogen) atoms. The quantitative estimate of drug-likeness (QED) is 0.443. The monoisotopic (exact) mass is 181 g/mol. The zero-order valence-corrected chi connectivity index (χ0v) is 7.12. The Bertz CT molecular complexity index is 358. The third-order valence-electron chi connectivity index (χ3n) is 2.29. The lowest BCUT2D eigenvalue weighted by Gasteiger charge is -2.05. The van der Waals surface area contributed by atoms with Crippen LogP contribution in [0.25, 0.3) is 0 Å². The first-order chi connectivity index (χ1) is 6.11. The maximum absolute atomic E-state index is 13.0. The van der Waals surface area contributed by atoms with Crippen molar-refractivity contribution in [3.05, 3.63) is 23.5 Å². The van der Waals surface area contributed by atoms with Gasteiger partial charge >= 0.3 is 7.12 Å². The molecule has 68 valence electrons. The first-order valence-corrected chi connectivity index (χ1v) is 4.02. The normalized spacial score (nSPS) is 20.5. The molecule has 0 radical (unpaired) electrons. The van der Waals surface area contributed by atoms with E-state index in [0.29, 0.717) is 5.46 Å². The molecule has 1 atom stereocenters. The molecular weight excluding hydrogens is 172 g/mol. The number of anilines is 1. The molecule has 0 bridgehead atoms. The molecule has 1 aliphatic rings. The lowest BCUT2D eigenvalue weighted by atomic mass is 9.78. The highest BCUT2D eigenvalue weighted by molar-refractivity contribution is 6.63. The molecule has 0 saturated carbocycles. The number of hydrogen-bond acceptors (Lipinski definition) is 3. The maximum atomic E-state index is 13.0. The van der Waals surface area contributed by atoms with Crippen molar-refractivity contribution < 1.29 is 14.1 Å². The lowest BCUT2D eigenvalue weighted by molar-refractivity contribution is 0.209. The van der Waals surface area contributed by atoms with Crippen molar-refractivity contribution in [1.29, 1.82) is 0 Å². The third-order valence-corrected chi connectivity index (χ3v) is 2.29. The number of benzene rings is 1. The van der Waals surface area contributed by atoms with Crippen LogP contribution in [0.2, 0.25) is 0 Å². The number of hydrogen-bond donors (Lipinski definition) is 2. The van der Waals surface area contributed by atoms with Gasteiger partial charge in [-0.05, 0) is 18.6 Å². The second-order valence-corrected chi connectivity index (χ2v) is 3.09. The minimum Gasteiger partial charge on any atom is -0.423 e. The molecule has 0 spiro atoms. The summed E-state index contributed by atoms with van der Waals surface area (Å²) >= 11 is 0. The van der Waals surface area contributed by atoms with Crippen LogP contribution in [0.4, 0.5) is 10.1 Å². The van der Waals surface area contributed by atoms with Crippen LogP contribution in [0.1, 0.15) is 18.6 Å². The minimum atomic E-state index is -1.10. The van der Waals surface area contributed by atoms with Crippen LogP contribution in [0.3, 0.4) is 0 Å². The highest BCUT2D eigenvalue weighted by atomic mass is 19.1. The molecule has 1 unspecified atom stereocenters. The van der Waals surface area contributed by atoms with Crippen molar-refractivity contribution in [2.75, 3.05) is 5.73 Å². The molecule has 3 nitrogen and oxygen atoms in total. The molecular formula is C8H9BFNO2. The predicted octanol–water partition coefficient (Wildman–Crippen LogP) is 0.187. The van der Waals surface area contributed by atoms with Gasteiger partial charge in [0.2, 0.25) is 0 Å². The van der Waals surface area contributed by atoms with E-state index in [2.05, 4.69) is 0 Å². The molecule has 0 aromatic heterocycles. The zero-order valence-electron chi connectivity index (χ0n) is 7.12. The van der Waals surface area contributed by atoms with Crippen molar-refractivity contribution in [2.45, 2.75) is 13.0 Å². The molecule has 1 aromatic rings. The van der Waals surface area contributed by atoms with E-state index in [4.69, 9.17) is 10.4 Å². The first kappa shape index (κ1) is 8.53. The Kier molecular flexibility index (Phi) is 1.78.